The molecule has 3 nitrogen and oxygen atoms in total. The molecule has 72 valence electrons. The highest BCUT2D eigenvalue weighted by Crippen LogP contribution is 2.23. The van der Waals surface area contributed by atoms with Gasteiger partial charge in [-0.05, 0) is 25.7 Å². The van der Waals surface area contributed by atoms with E-state index >= 15 is 0 Å². The van der Waals surface area contributed by atoms with Crippen LogP contribution in [0.2, 0.25) is 0 Å². The third-order valence-corrected chi connectivity index (χ3v) is 2.31. The third-order valence-electron chi connectivity index (χ3n) is 2.31. The number of methoxy groups -OCH3 is 1. The summed E-state index contributed by atoms with van der Waals surface area (Å²) in [5.41, 5.74) is 5.69. The SMILES string of the molecule is COC(=O)C1CCC(N)CC1.Cl. The summed E-state index contributed by atoms with van der Waals surface area (Å²) in [5, 5.41) is 0. The zero-order chi connectivity index (χ0) is 8.27. The van der Waals surface area contributed by atoms with Crippen molar-refractivity contribution in [2.24, 2.45) is 11.7 Å². The number of ether oxygens (including phenoxy) is 1. The molecule has 0 atom stereocenters. The van der Waals surface area contributed by atoms with Crippen molar-refractivity contribution in [3.05, 3.63) is 0 Å². The fourth-order valence-corrected chi connectivity index (χ4v) is 1.52. The highest BCUT2D eigenvalue weighted by molar-refractivity contribution is 5.85. The first-order chi connectivity index (χ1) is 5.24. The lowest BCUT2D eigenvalue weighted by atomic mass is 9.87. The molecule has 1 aliphatic rings. The fourth-order valence-electron chi connectivity index (χ4n) is 1.52. The van der Waals surface area contributed by atoms with Crippen molar-refractivity contribution in [3.8, 4) is 0 Å². The molecule has 1 rings (SSSR count). The number of hydrogen-bond donors (Lipinski definition) is 1. The highest BCUT2D eigenvalue weighted by Gasteiger charge is 2.24. The van der Waals surface area contributed by atoms with Gasteiger partial charge in [0.25, 0.3) is 0 Å². The van der Waals surface area contributed by atoms with E-state index < -0.39 is 0 Å². The zero-order valence-corrected chi connectivity index (χ0v) is 8.10. The smallest absolute Gasteiger partial charge is 0.308 e. The van der Waals surface area contributed by atoms with E-state index in [1.165, 1.54) is 7.11 Å². The Morgan fingerprint density at radius 1 is 1.33 bits per heavy atom. The quantitative estimate of drug-likeness (QED) is 0.635. The second-order valence-electron chi connectivity index (χ2n) is 3.13. The minimum atomic E-state index is -0.0723. The molecule has 0 spiro atoms. The van der Waals surface area contributed by atoms with Crippen molar-refractivity contribution >= 4 is 18.4 Å². The first kappa shape index (κ1) is 11.7. The molecule has 4 heteroatoms. The summed E-state index contributed by atoms with van der Waals surface area (Å²) < 4.78 is 4.65. The molecule has 2 N–H and O–H groups in total. The van der Waals surface area contributed by atoms with Gasteiger partial charge in [0, 0.05) is 6.04 Å². The van der Waals surface area contributed by atoms with Gasteiger partial charge in [0.2, 0.25) is 0 Å². The Balaban J connectivity index is 0.00000121. The first-order valence-electron chi connectivity index (χ1n) is 4.07. The Morgan fingerprint density at radius 3 is 2.25 bits per heavy atom. The van der Waals surface area contributed by atoms with Gasteiger partial charge in [-0.2, -0.15) is 0 Å². The molecular formula is C8H16ClNO2. The number of hydrogen-bond acceptors (Lipinski definition) is 3. The summed E-state index contributed by atoms with van der Waals surface area (Å²) in [6, 6.07) is 0.302. The Labute approximate surface area is 79.1 Å². The molecule has 0 radical (unpaired) electrons. The molecule has 0 bridgehead atoms. The molecule has 1 saturated carbocycles. The van der Waals surface area contributed by atoms with Gasteiger partial charge in [-0.25, -0.2) is 0 Å². The number of carbonyl (C=O) groups is 1. The summed E-state index contributed by atoms with van der Waals surface area (Å²) in [5.74, 6) is 0.0386. The zero-order valence-electron chi connectivity index (χ0n) is 7.29. The average molecular weight is 194 g/mol. The van der Waals surface area contributed by atoms with Crippen LogP contribution in [0.25, 0.3) is 0 Å². The maximum atomic E-state index is 11.0. The Hall–Kier alpha value is -0.280. The standard InChI is InChI=1S/C8H15NO2.ClH/c1-11-8(10)6-2-4-7(9)5-3-6;/h6-7H,2-5,9H2,1H3;1H. The van der Waals surface area contributed by atoms with Crippen LogP contribution >= 0.6 is 12.4 Å². The van der Waals surface area contributed by atoms with E-state index in [1.54, 1.807) is 0 Å². The Morgan fingerprint density at radius 2 is 1.83 bits per heavy atom. The molecule has 0 aromatic carbocycles. The van der Waals surface area contributed by atoms with Crippen LogP contribution in [0.3, 0.4) is 0 Å². The largest absolute Gasteiger partial charge is 0.469 e. The molecule has 0 aromatic heterocycles. The van der Waals surface area contributed by atoms with Crippen molar-refractivity contribution in [1.82, 2.24) is 0 Å². The van der Waals surface area contributed by atoms with Gasteiger partial charge in [-0.15, -0.1) is 12.4 Å². The summed E-state index contributed by atoms with van der Waals surface area (Å²) in [6.45, 7) is 0. The lowest BCUT2D eigenvalue weighted by Gasteiger charge is -2.23. The van der Waals surface area contributed by atoms with Crippen molar-refractivity contribution in [2.75, 3.05) is 7.11 Å². The fraction of sp³-hybridized carbons (Fsp3) is 0.875. The van der Waals surface area contributed by atoms with Crippen molar-refractivity contribution in [3.63, 3.8) is 0 Å². The van der Waals surface area contributed by atoms with E-state index in [1.807, 2.05) is 0 Å². The van der Waals surface area contributed by atoms with Crippen LogP contribution in [0.15, 0.2) is 0 Å². The maximum absolute atomic E-state index is 11.0. The number of carbonyl (C=O) groups excluding carboxylic acids is 1. The van der Waals surface area contributed by atoms with E-state index in [2.05, 4.69) is 4.74 Å². The van der Waals surface area contributed by atoms with Gasteiger partial charge in [-0.3, -0.25) is 4.79 Å². The normalized spacial score (nSPS) is 28.8. The second kappa shape index (κ2) is 5.38. The van der Waals surface area contributed by atoms with Gasteiger partial charge < -0.3 is 10.5 Å². The minimum absolute atomic E-state index is 0. The molecular weight excluding hydrogens is 178 g/mol. The van der Waals surface area contributed by atoms with Crippen LogP contribution in [0.4, 0.5) is 0 Å². The predicted octanol–water partition coefficient (Wildman–Crippen LogP) is 1.10. The summed E-state index contributed by atoms with van der Waals surface area (Å²) >= 11 is 0. The van der Waals surface area contributed by atoms with Crippen LogP contribution in [0.1, 0.15) is 25.7 Å². The van der Waals surface area contributed by atoms with Crippen LogP contribution in [-0.4, -0.2) is 19.1 Å². The minimum Gasteiger partial charge on any atom is -0.469 e. The first-order valence-corrected chi connectivity index (χ1v) is 4.07. The van der Waals surface area contributed by atoms with E-state index in [-0.39, 0.29) is 24.3 Å². The molecule has 0 aromatic rings. The van der Waals surface area contributed by atoms with Crippen molar-refractivity contribution < 1.29 is 9.53 Å². The number of halogens is 1. The van der Waals surface area contributed by atoms with Crippen molar-refractivity contribution in [2.45, 2.75) is 31.7 Å². The van der Waals surface area contributed by atoms with Gasteiger partial charge in [0.05, 0.1) is 13.0 Å². The second-order valence-corrected chi connectivity index (χ2v) is 3.13. The molecule has 0 heterocycles. The molecule has 0 unspecified atom stereocenters. The van der Waals surface area contributed by atoms with Crippen LogP contribution in [0, 0.1) is 5.92 Å². The third kappa shape index (κ3) is 2.99. The van der Waals surface area contributed by atoms with E-state index in [0.717, 1.165) is 25.7 Å². The molecule has 12 heavy (non-hydrogen) atoms. The van der Waals surface area contributed by atoms with Crippen molar-refractivity contribution in [1.29, 1.82) is 0 Å². The van der Waals surface area contributed by atoms with Gasteiger partial charge in [-0.1, -0.05) is 0 Å². The van der Waals surface area contributed by atoms with Crippen LogP contribution in [-0.2, 0) is 9.53 Å². The monoisotopic (exact) mass is 193 g/mol. The Kier molecular flexibility index (Phi) is 5.25. The lowest BCUT2D eigenvalue weighted by Crippen LogP contribution is -2.30. The number of esters is 1. The van der Waals surface area contributed by atoms with E-state index in [0.29, 0.717) is 6.04 Å². The van der Waals surface area contributed by atoms with Gasteiger partial charge >= 0.3 is 5.97 Å². The predicted molar refractivity (Wildman–Crippen MR) is 49.2 cm³/mol. The van der Waals surface area contributed by atoms with E-state index in [9.17, 15) is 4.79 Å². The molecule has 0 amide bonds. The number of nitrogens with two attached hydrogens (primary N) is 1. The molecule has 1 fully saturated rings. The van der Waals surface area contributed by atoms with Gasteiger partial charge in [0.1, 0.15) is 0 Å². The highest BCUT2D eigenvalue weighted by atomic mass is 35.5. The number of rotatable bonds is 1. The molecule has 1 aliphatic carbocycles. The summed E-state index contributed by atoms with van der Waals surface area (Å²) in [6.07, 6.45) is 3.71. The molecule has 0 saturated heterocycles. The maximum Gasteiger partial charge on any atom is 0.308 e. The topological polar surface area (TPSA) is 52.3 Å². The van der Waals surface area contributed by atoms with Gasteiger partial charge in [0.15, 0.2) is 0 Å². The molecule has 0 aliphatic heterocycles. The van der Waals surface area contributed by atoms with Crippen LogP contribution in [0.5, 0.6) is 0 Å². The Bertz CT molecular complexity index is 144. The van der Waals surface area contributed by atoms with Crippen LogP contribution < -0.4 is 5.73 Å². The average Bonchev–Trinajstić information content (AvgIpc) is 2.05. The summed E-state index contributed by atoms with van der Waals surface area (Å²) in [4.78, 5) is 11.0. The lowest BCUT2D eigenvalue weighted by molar-refractivity contribution is -0.146. The summed E-state index contributed by atoms with van der Waals surface area (Å²) in [7, 11) is 1.44. The van der Waals surface area contributed by atoms with E-state index in [4.69, 9.17) is 5.73 Å².